The number of carbonyl (C=O) groups excluding carboxylic acids is 1. The predicted molar refractivity (Wildman–Crippen MR) is 106 cm³/mol. The number of ether oxygens (including phenoxy) is 2. The van der Waals surface area contributed by atoms with Gasteiger partial charge in [-0.3, -0.25) is 4.79 Å². The number of anilines is 1. The number of carbonyl (C=O) groups is 1. The second-order valence-electron chi connectivity index (χ2n) is 6.59. The molecule has 7 nitrogen and oxygen atoms in total. The number of sulfonamides is 1. The van der Waals surface area contributed by atoms with E-state index in [1.54, 1.807) is 32.4 Å². The van der Waals surface area contributed by atoms with Crippen LogP contribution in [0.15, 0.2) is 47.4 Å². The second-order valence-corrected chi connectivity index (χ2v) is 8.48. The van der Waals surface area contributed by atoms with Crippen molar-refractivity contribution in [3.8, 4) is 11.5 Å². The zero-order chi connectivity index (χ0) is 20.3. The summed E-state index contributed by atoms with van der Waals surface area (Å²) >= 11 is 0. The molecule has 1 saturated heterocycles. The fourth-order valence-corrected chi connectivity index (χ4v) is 5.15. The molecule has 0 spiro atoms. The van der Waals surface area contributed by atoms with Crippen molar-refractivity contribution < 1.29 is 22.7 Å². The number of hydrogen-bond donors (Lipinski definition) is 1. The van der Waals surface area contributed by atoms with Crippen molar-refractivity contribution in [2.24, 2.45) is 0 Å². The minimum atomic E-state index is -3.67. The van der Waals surface area contributed by atoms with Crippen LogP contribution in [0.2, 0.25) is 0 Å². The maximum atomic E-state index is 13.2. The molecule has 1 atom stereocenters. The van der Waals surface area contributed by atoms with E-state index in [-0.39, 0.29) is 16.8 Å². The van der Waals surface area contributed by atoms with Gasteiger partial charge in [-0.2, -0.15) is 4.31 Å². The molecule has 0 aromatic heterocycles. The Hall–Kier alpha value is -2.58. The van der Waals surface area contributed by atoms with Crippen LogP contribution in [0.5, 0.6) is 11.5 Å². The van der Waals surface area contributed by atoms with Crippen molar-refractivity contribution in [2.75, 3.05) is 26.1 Å². The maximum Gasteiger partial charge on any atom is 0.243 e. The minimum absolute atomic E-state index is 0.203. The molecule has 1 aliphatic heterocycles. The largest absolute Gasteiger partial charge is 0.493 e. The lowest BCUT2D eigenvalue weighted by Gasteiger charge is -2.25. The van der Waals surface area contributed by atoms with Gasteiger partial charge in [0.1, 0.15) is 0 Å². The van der Waals surface area contributed by atoms with Crippen molar-refractivity contribution in [3.05, 3.63) is 48.0 Å². The summed E-state index contributed by atoms with van der Waals surface area (Å²) in [6, 6.07) is 11.5. The molecule has 1 fully saturated rings. The van der Waals surface area contributed by atoms with Crippen molar-refractivity contribution in [1.82, 2.24) is 4.31 Å². The smallest absolute Gasteiger partial charge is 0.243 e. The summed E-state index contributed by atoms with van der Waals surface area (Å²) in [5.74, 6) is 0.972. The normalized spacial score (nSPS) is 17.3. The molecule has 28 heavy (non-hydrogen) atoms. The molecular formula is C20H24N2O5S. The van der Waals surface area contributed by atoms with Crippen molar-refractivity contribution in [3.63, 3.8) is 0 Å². The van der Waals surface area contributed by atoms with E-state index < -0.39 is 10.0 Å². The van der Waals surface area contributed by atoms with Crippen LogP contribution in [0.1, 0.15) is 31.4 Å². The third kappa shape index (κ3) is 3.98. The van der Waals surface area contributed by atoms with Crippen LogP contribution in [-0.4, -0.2) is 39.4 Å². The van der Waals surface area contributed by atoms with Crippen molar-refractivity contribution in [2.45, 2.75) is 30.7 Å². The molecule has 1 N–H and O–H groups in total. The third-order valence-electron chi connectivity index (χ3n) is 4.78. The molecule has 1 aliphatic rings. The van der Waals surface area contributed by atoms with Crippen LogP contribution in [0.3, 0.4) is 0 Å². The molecule has 3 rings (SSSR count). The number of benzene rings is 2. The van der Waals surface area contributed by atoms with Gasteiger partial charge in [-0.05, 0) is 54.8 Å². The van der Waals surface area contributed by atoms with Crippen LogP contribution in [-0.2, 0) is 14.8 Å². The number of hydrogen-bond acceptors (Lipinski definition) is 5. The summed E-state index contributed by atoms with van der Waals surface area (Å²) in [7, 11) is -0.547. The van der Waals surface area contributed by atoms with Gasteiger partial charge < -0.3 is 14.8 Å². The fraction of sp³-hybridized carbons (Fsp3) is 0.350. The summed E-state index contributed by atoms with van der Waals surface area (Å²) in [5, 5.41) is 2.64. The lowest BCUT2D eigenvalue weighted by Crippen LogP contribution is -2.30. The Balaban J connectivity index is 1.90. The van der Waals surface area contributed by atoms with Gasteiger partial charge in [0, 0.05) is 19.2 Å². The average molecular weight is 404 g/mol. The van der Waals surface area contributed by atoms with E-state index >= 15 is 0 Å². The molecule has 0 saturated carbocycles. The van der Waals surface area contributed by atoms with Gasteiger partial charge in [0.25, 0.3) is 0 Å². The summed E-state index contributed by atoms with van der Waals surface area (Å²) in [6.07, 6.45) is 1.51. The quantitative estimate of drug-likeness (QED) is 0.799. The van der Waals surface area contributed by atoms with E-state index in [0.717, 1.165) is 18.4 Å². The first-order chi connectivity index (χ1) is 13.4. The molecule has 8 heteroatoms. The van der Waals surface area contributed by atoms with Gasteiger partial charge in [-0.1, -0.05) is 6.07 Å². The molecule has 0 bridgehead atoms. The van der Waals surface area contributed by atoms with Gasteiger partial charge in [0.2, 0.25) is 15.9 Å². The van der Waals surface area contributed by atoms with Crippen molar-refractivity contribution >= 4 is 21.6 Å². The van der Waals surface area contributed by atoms with E-state index in [0.29, 0.717) is 23.7 Å². The Bertz CT molecular complexity index is 957. The zero-order valence-electron chi connectivity index (χ0n) is 16.1. The highest BCUT2D eigenvalue weighted by Crippen LogP contribution is 2.39. The summed E-state index contributed by atoms with van der Waals surface area (Å²) < 4.78 is 38.6. The van der Waals surface area contributed by atoms with Crippen molar-refractivity contribution in [1.29, 1.82) is 0 Å². The SMILES string of the molecule is COc1ccc(C2CCCN2S(=O)(=O)c2ccc(NC(C)=O)cc2)cc1OC. The van der Waals surface area contributed by atoms with Crippen LogP contribution in [0.25, 0.3) is 0 Å². The molecular weight excluding hydrogens is 380 g/mol. The summed E-state index contributed by atoms with van der Waals surface area (Å²) in [4.78, 5) is 11.3. The topological polar surface area (TPSA) is 84.9 Å². The third-order valence-corrected chi connectivity index (χ3v) is 6.70. The molecule has 150 valence electrons. The van der Waals surface area contributed by atoms with Gasteiger partial charge in [-0.15, -0.1) is 0 Å². The highest BCUT2D eigenvalue weighted by atomic mass is 32.2. The number of amides is 1. The van der Waals surface area contributed by atoms with E-state index in [2.05, 4.69) is 5.32 Å². The molecule has 1 heterocycles. The molecule has 1 amide bonds. The van der Waals surface area contributed by atoms with E-state index in [4.69, 9.17) is 9.47 Å². The lowest BCUT2D eigenvalue weighted by molar-refractivity contribution is -0.114. The van der Waals surface area contributed by atoms with Gasteiger partial charge in [0.15, 0.2) is 11.5 Å². The Kier molecular flexibility index (Phi) is 5.90. The minimum Gasteiger partial charge on any atom is -0.493 e. The Morgan fingerprint density at radius 3 is 2.36 bits per heavy atom. The first-order valence-corrected chi connectivity index (χ1v) is 10.4. The Morgan fingerprint density at radius 2 is 1.75 bits per heavy atom. The lowest BCUT2D eigenvalue weighted by atomic mass is 10.0. The average Bonchev–Trinajstić information content (AvgIpc) is 3.18. The Labute approximate surface area is 165 Å². The summed E-state index contributed by atoms with van der Waals surface area (Å²) in [6.45, 7) is 1.86. The number of nitrogens with one attached hydrogen (secondary N) is 1. The zero-order valence-corrected chi connectivity index (χ0v) is 17.0. The van der Waals surface area contributed by atoms with E-state index in [9.17, 15) is 13.2 Å². The van der Waals surface area contributed by atoms with Gasteiger partial charge in [-0.25, -0.2) is 8.42 Å². The van der Waals surface area contributed by atoms with Crippen LogP contribution in [0, 0.1) is 0 Å². The number of nitrogens with zero attached hydrogens (tertiary/aromatic N) is 1. The predicted octanol–water partition coefficient (Wildman–Crippen LogP) is 3.19. The highest BCUT2D eigenvalue weighted by molar-refractivity contribution is 7.89. The van der Waals surface area contributed by atoms with E-state index in [1.807, 2.05) is 12.1 Å². The monoisotopic (exact) mass is 404 g/mol. The van der Waals surface area contributed by atoms with Gasteiger partial charge >= 0.3 is 0 Å². The van der Waals surface area contributed by atoms with E-state index in [1.165, 1.54) is 23.4 Å². The molecule has 0 radical (unpaired) electrons. The van der Waals surface area contributed by atoms with Crippen LogP contribution >= 0.6 is 0 Å². The van der Waals surface area contributed by atoms with Crippen LogP contribution in [0.4, 0.5) is 5.69 Å². The first kappa shape index (κ1) is 20.2. The maximum absolute atomic E-state index is 13.2. The standard InChI is InChI=1S/C20H24N2O5S/c1-14(23)21-16-7-9-17(10-8-16)28(24,25)22-12-4-5-18(22)15-6-11-19(26-2)20(13-15)27-3/h6-11,13,18H,4-5,12H2,1-3H3,(H,21,23). The summed E-state index contributed by atoms with van der Waals surface area (Å²) in [5.41, 5.74) is 1.43. The fourth-order valence-electron chi connectivity index (χ4n) is 3.47. The molecule has 0 aliphatic carbocycles. The molecule has 1 unspecified atom stereocenters. The number of rotatable bonds is 6. The first-order valence-electron chi connectivity index (χ1n) is 8.98. The second kappa shape index (κ2) is 8.20. The molecule has 2 aromatic carbocycles. The van der Waals surface area contributed by atoms with Gasteiger partial charge in [0.05, 0.1) is 25.2 Å². The highest BCUT2D eigenvalue weighted by Gasteiger charge is 2.36. The number of methoxy groups -OCH3 is 2. The Morgan fingerprint density at radius 1 is 1.07 bits per heavy atom. The van der Waals surface area contributed by atoms with Crippen LogP contribution < -0.4 is 14.8 Å². The molecule has 2 aromatic rings.